The maximum absolute atomic E-state index is 12.3. The molecule has 0 aromatic heterocycles. The van der Waals surface area contributed by atoms with Crippen molar-refractivity contribution in [3.05, 3.63) is 24.3 Å². The van der Waals surface area contributed by atoms with E-state index in [-0.39, 0.29) is 5.91 Å². The van der Waals surface area contributed by atoms with E-state index in [2.05, 4.69) is 12.2 Å². The number of carbonyl (C=O) groups excluding carboxylic acids is 1. The molecule has 0 radical (unpaired) electrons. The Morgan fingerprint density at radius 2 is 2.37 bits per heavy atom. The van der Waals surface area contributed by atoms with Gasteiger partial charge in [-0.2, -0.15) is 0 Å². The lowest BCUT2D eigenvalue weighted by Crippen LogP contribution is -2.54. The lowest BCUT2D eigenvalue weighted by Gasteiger charge is -2.33. The molecule has 1 amide bonds. The Bertz CT molecular complexity index is 450. The molecule has 1 aromatic carbocycles. The second kappa shape index (κ2) is 5.93. The van der Waals surface area contributed by atoms with E-state index in [0.29, 0.717) is 17.5 Å². The van der Waals surface area contributed by atoms with Gasteiger partial charge in [0, 0.05) is 37.4 Å². The Kier molecular flexibility index (Phi) is 4.27. The van der Waals surface area contributed by atoms with Crippen molar-refractivity contribution in [1.82, 2.24) is 10.2 Å². The van der Waals surface area contributed by atoms with E-state index >= 15 is 0 Å². The van der Waals surface area contributed by atoms with Crippen molar-refractivity contribution >= 4 is 11.6 Å². The molecule has 0 spiro atoms. The van der Waals surface area contributed by atoms with Gasteiger partial charge < -0.3 is 20.7 Å². The van der Waals surface area contributed by atoms with Gasteiger partial charge in [-0.3, -0.25) is 4.79 Å². The number of benzene rings is 1. The zero-order chi connectivity index (χ0) is 13.8. The monoisotopic (exact) mass is 263 g/mol. The van der Waals surface area contributed by atoms with Gasteiger partial charge in [-0.15, -0.1) is 0 Å². The van der Waals surface area contributed by atoms with Crippen LogP contribution < -0.4 is 15.8 Å². The van der Waals surface area contributed by atoms with Crippen molar-refractivity contribution < 1.29 is 9.53 Å². The summed E-state index contributed by atoms with van der Waals surface area (Å²) in [6, 6.07) is 7.47. The molecule has 3 N–H and O–H groups in total. The first-order chi connectivity index (χ1) is 9.06. The lowest BCUT2D eigenvalue weighted by molar-refractivity contribution is -0.139. The molecule has 2 rings (SSSR count). The van der Waals surface area contributed by atoms with Crippen LogP contribution in [0.25, 0.3) is 0 Å². The number of rotatable bonds is 3. The molecule has 5 heteroatoms. The molecule has 1 aliphatic heterocycles. The first kappa shape index (κ1) is 13.7. The highest BCUT2D eigenvalue weighted by Crippen LogP contribution is 2.17. The Labute approximate surface area is 113 Å². The van der Waals surface area contributed by atoms with Crippen LogP contribution in [0.4, 0.5) is 5.69 Å². The summed E-state index contributed by atoms with van der Waals surface area (Å²) in [5.41, 5.74) is 6.32. The highest BCUT2D eigenvalue weighted by atomic mass is 16.5. The summed E-state index contributed by atoms with van der Waals surface area (Å²) in [6.07, 6.45) is -0.493. The number of nitrogens with one attached hydrogen (secondary N) is 1. The predicted octanol–water partition coefficient (Wildman–Crippen LogP) is 0.856. The predicted molar refractivity (Wildman–Crippen MR) is 75.0 cm³/mol. The van der Waals surface area contributed by atoms with E-state index in [1.165, 1.54) is 0 Å². The topological polar surface area (TPSA) is 67.6 Å². The van der Waals surface area contributed by atoms with Gasteiger partial charge in [-0.1, -0.05) is 6.07 Å². The van der Waals surface area contributed by atoms with Crippen LogP contribution >= 0.6 is 0 Å². The third-order valence-electron chi connectivity index (χ3n) is 3.20. The summed E-state index contributed by atoms with van der Waals surface area (Å²) < 4.78 is 5.65. The SMILES string of the molecule is C[C@H](Oc1cccc(N)c1)C(=O)N1CCN[C@@H](C)C1. The van der Waals surface area contributed by atoms with Gasteiger partial charge in [0.05, 0.1) is 0 Å². The number of nitrogens with two attached hydrogens (primary N) is 1. The van der Waals surface area contributed by atoms with E-state index in [0.717, 1.165) is 19.6 Å². The van der Waals surface area contributed by atoms with Gasteiger partial charge in [0.1, 0.15) is 5.75 Å². The fraction of sp³-hybridized carbons (Fsp3) is 0.500. The molecule has 19 heavy (non-hydrogen) atoms. The van der Waals surface area contributed by atoms with Gasteiger partial charge >= 0.3 is 0 Å². The minimum absolute atomic E-state index is 0.0239. The number of nitrogens with zero attached hydrogens (tertiary/aromatic N) is 1. The number of anilines is 1. The average molecular weight is 263 g/mol. The zero-order valence-electron chi connectivity index (χ0n) is 11.4. The number of nitrogen functional groups attached to an aromatic ring is 1. The number of ether oxygens (including phenoxy) is 1. The first-order valence-electron chi connectivity index (χ1n) is 6.60. The maximum atomic E-state index is 12.3. The summed E-state index contributed by atoms with van der Waals surface area (Å²) in [5, 5.41) is 3.31. The lowest BCUT2D eigenvalue weighted by atomic mass is 10.2. The van der Waals surface area contributed by atoms with Gasteiger partial charge in [0.25, 0.3) is 5.91 Å². The molecular formula is C14H21N3O2. The first-order valence-corrected chi connectivity index (χ1v) is 6.60. The minimum atomic E-state index is -0.493. The third-order valence-corrected chi connectivity index (χ3v) is 3.20. The molecule has 1 saturated heterocycles. The fourth-order valence-corrected chi connectivity index (χ4v) is 2.23. The molecule has 1 heterocycles. The van der Waals surface area contributed by atoms with Crippen LogP contribution in [0.15, 0.2) is 24.3 Å². The number of hydrogen-bond acceptors (Lipinski definition) is 4. The normalized spacial score (nSPS) is 20.9. The molecule has 104 valence electrons. The Morgan fingerprint density at radius 3 is 3.05 bits per heavy atom. The summed E-state index contributed by atoms with van der Waals surface area (Å²) >= 11 is 0. The Morgan fingerprint density at radius 1 is 1.58 bits per heavy atom. The van der Waals surface area contributed by atoms with Crippen molar-refractivity contribution in [2.45, 2.75) is 26.0 Å². The molecule has 0 saturated carbocycles. The van der Waals surface area contributed by atoms with Crippen molar-refractivity contribution in [2.75, 3.05) is 25.4 Å². The molecule has 2 atom stereocenters. The Balaban J connectivity index is 1.95. The number of hydrogen-bond donors (Lipinski definition) is 2. The van der Waals surface area contributed by atoms with E-state index in [4.69, 9.17) is 10.5 Å². The summed E-state index contributed by atoms with van der Waals surface area (Å²) in [5.74, 6) is 0.653. The van der Waals surface area contributed by atoms with Gasteiger partial charge in [-0.25, -0.2) is 0 Å². The third kappa shape index (κ3) is 3.61. The van der Waals surface area contributed by atoms with Crippen molar-refractivity contribution in [3.63, 3.8) is 0 Å². The standard InChI is InChI=1S/C14H21N3O2/c1-10-9-17(7-6-16-10)14(18)11(2)19-13-5-3-4-12(15)8-13/h3-5,8,10-11,16H,6-7,9,15H2,1-2H3/t10-,11-/m0/s1. The number of piperazine rings is 1. The molecule has 0 bridgehead atoms. The molecule has 1 fully saturated rings. The van der Waals surface area contributed by atoms with Crippen molar-refractivity contribution in [1.29, 1.82) is 0 Å². The summed E-state index contributed by atoms with van der Waals surface area (Å²) in [6.45, 7) is 6.14. The molecule has 1 aliphatic rings. The average Bonchev–Trinajstić information content (AvgIpc) is 2.38. The quantitative estimate of drug-likeness (QED) is 0.794. The Hall–Kier alpha value is -1.75. The van der Waals surface area contributed by atoms with Gasteiger partial charge in [0.15, 0.2) is 6.10 Å². The van der Waals surface area contributed by atoms with E-state index in [1.54, 1.807) is 25.1 Å². The number of amides is 1. The van der Waals surface area contributed by atoms with Gasteiger partial charge in [-0.05, 0) is 26.0 Å². The van der Waals surface area contributed by atoms with Crippen LogP contribution in [0.3, 0.4) is 0 Å². The fourth-order valence-electron chi connectivity index (χ4n) is 2.23. The van der Waals surface area contributed by atoms with Crippen molar-refractivity contribution in [3.8, 4) is 5.75 Å². The van der Waals surface area contributed by atoms with Crippen LogP contribution in [-0.2, 0) is 4.79 Å². The second-order valence-corrected chi connectivity index (χ2v) is 4.97. The summed E-state index contributed by atoms with van der Waals surface area (Å²) in [7, 11) is 0. The van der Waals surface area contributed by atoms with Crippen LogP contribution in [-0.4, -0.2) is 42.6 Å². The number of carbonyl (C=O) groups is 1. The molecular weight excluding hydrogens is 242 g/mol. The molecule has 0 aliphatic carbocycles. The van der Waals surface area contributed by atoms with E-state index < -0.39 is 6.10 Å². The molecule has 0 unspecified atom stereocenters. The minimum Gasteiger partial charge on any atom is -0.481 e. The van der Waals surface area contributed by atoms with E-state index in [1.807, 2.05) is 11.0 Å². The zero-order valence-corrected chi connectivity index (χ0v) is 11.4. The van der Waals surface area contributed by atoms with Crippen LogP contribution in [0, 0.1) is 0 Å². The second-order valence-electron chi connectivity index (χ2n) is 4.97. The summed E-state index contributed by atoms with van der Waals surface area (Å²) in [4.78, 5) is 14.1. The van der Waals surface area contributed by atoms with Gasteiger partial charge in [0.2, 0.25) is 0 Å². The van der Waals surface area contributed by atoms with E-state index in [9.17, 15) is 4.79 Å². The largest absolute Gasteiger partial charge is 0.481 e. The highest BCUT2D eigenvalue weighted by Gasteiger charge is 2.25. The highest BCUT2D eigenvalue weighted by molar-refractivity contribution is 5.81. The van der Waals surface area contributed by atoms with Crippen LogP contribution in [0.5, 0.6) is 5.75 Å². The van der Waals surface area contributed by atoms with Crippen molar-refractivity contribution in [2.24, 2.45) is 0 Å². The molecule has 1 aromatic rings. The maximum Gasteiger partial charge on any atom is 0.263 e. The van der Waals surface area contributed by atoms with Crippen LogP contribution in [0.2, 0.25) is 0 Å². The van der Waals surface area contributed by atoms with Crippen LogP contribution in [0.1, 0.15) is 13.8 Å². The smallest absolute Gasteiger partial charge is 0.263 e. The molecule has 5 nitrogen and oxygen atoms in total.